The number of carbonyl (C=O) groups is 1. The number of hydrogen-bond acceptors (Lipinski definition) is 7. The highest BCUT2D eigenvalue weighted by Gasteiger charge is 2.38. The number of phenols is 2. The van der Waals surface area contributed by atoms with Crippen LogP contribution in [0.5, 0.6) is 11.5 Å². The number of nitrogens with zero attached hydrogens (tertiary/aromatic N) is 2. The van der Waals surface area contributed by atoms with Gasteiger partial charge in [0.25, 0.3) is 0 Å². The molecule has 0 aliphatic carbocycles. The van der Waals surface area contributed by atoms with Crippen molar-refractivity contribution < 1.29 is 42.6 Å². The van der Waals surface area contributed by atoms with Crippen molar-refractivity contribution in [1.82, 2.24) is 4.98 Å². The Hall–Kier alpha value is -4.09. The van der Waals surface area contributed by atoms with E-state index < -0.39 is 56.7 Å². The number of furan rings is 1. The van der Waals surface area contributed by atoms with Crippen LogP contribution in [0.2, 0.25) is 0 Å². The lowest BCUT2D eigenvalue weighted by Gasteiger charge is -2.15. The summed E-state index contributed by atoms with van der Waals surface area (Å²) in [7, 11) is 0. The summed E-state index contributed by atoms with van der Waals surface area (Å²) in [4.78, 5) is 26.0. The Kier molecular flexibility index (Phi) is 5.09. The number of aromatic hydroxyl groups is 2. The highest BCUT2D eigenvalue weighted by atomic mass is 19.4. The number of halogens is 3. The Balaban J connectivity index is 2.36. The Morgan fingerprint density at radius 1 is 1.19 bits per heavy atom. The van der Waals surface area contributed by atoms with Crippen molar-refractivity contribution in [2.24, 2.45) is 0 Å². The van der Waals surface area contributed by atoms with Gasteiger partial charge >= 0.3 is 17.8 Å². The molecular weight excluding hydrogens is 425 g/mol. The minimum atomic E-state index is -4.86. The van der Waals surface area contributed by atoms with E-state index in [0.29, 0.717) is 0 Å². The molecule has 0 amide bonds. The zero-order chi connectivity index (χ0) is 23.2. The third-order valence-electron chi connectivity index (χ3n) is 4.44. The van der Waals surface area contributed by atoms with E-state index in [2.05, 4.69) is 4.98 Å². The molecule has 0 spiro atoms. The fourth-order valence-corrected chi connectivity index (χ4v) is 3.20. The van der Waals surface area contributed by atoms with Crippen molar-refractivity contribution in [2.75, 3.05) is 0 Å². The van der Waals surface area contributed by atoms with Crippen molar-refractivity contribution in [3.05, 3.63) is 57.1 Å². The maximum Gasteiger partial charge on any atom is 0.417 e. The fraction of sp³-hybridized carbons (Fsp3) is 0.158. The first kappa shape index (κ1) is 21.6. The van der Waals surface area contributed by atoms with Crippen LogP contribution in [-0.4, -0.2) is 31.2 Å². The maximum absolute atomic E-state index is 13.6. The standard InChI is InChI=1S/C19H13F3N2O7/c1-7-3-11(19(20,21)22)14(8(2)23-7)17-15(18(27)28)10(6-31-17)9-4-12(24(29)30)16(26)13(25)5-9/h3-6,25-26H,1-2H3,(H,27,28). The number of aryl methyl sites for hydroxylation is 2. The first-order chi connectivity index (χ1) is 14.3. The highest BCUT2D eigenvalue weighted by Crippen LogP contribution is 2.45. The second kappa shape index (κ2) is 7.31. The number of alkyl halides is 3. The Morgan fingerprint density at radius 2 is 1.84 bits per heavy atom. The minimum absolute atomic E-state index is 0.0521. The largest absolute Gasteiger partial charge is 0.504 e. The van der Waals surface area contributed by atoms with E-state index in [1.54, 1.807) is 0 Å². The van der Waals surface area contributed by atoms with Crippen LogP contribution in [0.1, 0.15) is 27.3 Å². The van der Waals surface area contributed by atoms with Crippen molar-refractivity contribution in [1.29, 1.82) is 0 Å². The summed E-state index contributed by atoms with van der Waals surface area (Å²) in [5.41, 5.74) is -4.11. The molecular formula is C19H13F3N2O7. The van der Waals surface area contributed by atoms with Crippen molar-refractivity contribution in [3.8, 4) is 33.9 Å². The van der Waals surface area contributed by atoms with Crippen LogP contribution in [0.3, 0.4) is 0 Å². The number of aromatic carboxylic acids is 1. The Bertz CT molecular complexity index is 1230. The van der Waals surface area contributed by atoms with Crippen molar-refractivity contribution in [3.63, 3.8) is 0 Å². The molecule has 0 bridgehead atoms. The minimum Gasteiger partial charge on any atom is -0.504 e. The summed E-state index contributed by atoms with van der Waals surface area (Å²) in [5, 5.41) is 40.2. The van der Waals surface area contributed by atoms with Gasteiger partial charge in [0.2, 0.25) is 5.75 Å². The normalized spacial score (nSPS) is 11.5. The molecule has 0 unspecified atom stereocenters. The van der Waals surface area contributed by atoms with E-state index in [-0.39, 0.29) is 22.5 Å². The van der Waals surface area contributed by atoms with Gasteiger partial charge in [-0.3, -0.25) is 15.1 Å². The summed E-state index contributed by atoms with van der Waals surface area (Å²) >= 11 is 0. The number of carboxylic acids is 1. The molecule has 3 N–H and O–H groups in total. The molecule has 1 aromatic carbocycles. The predicted octanol–water partition coefficient (Wildman–Crippen LogP) is 4.66. The topological polar surface area (TPSA) is 147 Å². The molecule has 162 valence electrons. The molecule has 0 fully saturated rings. The number of phenolic OH excluding ortho intramolecular Hbond substituents is 2. The van der Waals surface area contributed by atoms with Gasteiger partial charge in [-0.15, -0.1) is 0 Å². The lowest BCUT2D eigenvalue weighted by molar-refractivity contribution is -0.385. The number of nitro groups is 1. The van der Waals surface area contributed by atoms with Gasteiger partial charge in [0.15, 0.2) is 11.5 Å². The average Bonchev–Trinajstić information content (AvgIpc) is 3.07. The summed E-state index contributed by atoms with van der Waals surface area (Å²) in [6, 6.07) is 2.34. The third-order valence-corrected chi connectivity index (χ3v) is 4.44. The number of rotatable bonds is 4. The maximum atomic E-state index is 13.6. The first-order valence-corrected chi connectivity index (χ1v) is 8.44. The van der Waals surface area contributed by atoms with Gasteiger partial charge in [-0.2, -0.15) is 13.2 Å². The monoisotopic (exact) mass is 438 g/mol. The second-order valence-electron chi connectivity index (χ2n) is 6.55. The second-order valence-corrected chi connectivity index (χ2v) is 6.55. The summed E-state index contributed by atoms with van der Waals surface area (Å²) < 4.78 is 46.1. The van der Waals surface area contributed by atoms with E-state index in [1.807, 2.05) is 0 Å². The molecule has 2 aromatic heterocycles. The third kappa shape index (κ3) is 3.74. The zero-order valence-corrected chi connectivity index (χ0v) is 15.8. The van der Waals surface area contributed by atoms with Crippen molar-refractivity contribution in [2.45, 2.75) is 20.0 Å². The molecule has 0 saturated heterocycles. The van der Waals surface area contributed by atoms with Crippen LogP contribution >= 0.6 is 0 Å². The quantitative estimate of drug-likeness (QED) is 0.303. The van der Waals surface area contributed by atoms with Gasteiger partial charge in [0, 0.05) is 23.0 Å². The smallest absolute Gasteiger partial charge is 0.417 e. The van der Waals surface area contributed by atoms with Crippen LogP contribution in [0, 0.1) is 24.0 Å². The molecule has 0 saturated carbocycles. The number of pyridine rings is 1. The van der Waals surface area contributed by atoms with Gasteiger partial charge in [-0.05, 0) is 31.5 Å². The van der Waals surface area contributed by atoms with Crippen LogP contribution in [0.25, 0.3) is 22.5 Å². The molecule has 3 rings (SSSR count). The van der Waals surface area contributed by atoms with Gasteiger partial charge in [-0.1, -0.05) is 0 Å². The molecule has 9 nitrogen and oxygen atoms in total. The van der Waals surface area contributed by atoms with E-state index in [4.69, 9.17) is 4.42 Å². The van der Waals surface area contributed by atoms with Gasteiger partial charge < -0.3 is 19.7 Å². The van der Waals surface area contributed by atoms with Crippen LogP contribution < -0.4 is 0 Å². The predicted molar refractivity (Wildman–Crippen MR) is 98.8 cm³/mol. The number of aromatic nitrogens is 1. The molecule has 0 aliphatic rings. The van der Waals surface area contributed by atoms with E-state index in [0.717, 1.165) is 24.5 Å². The molecule has 31 heavy (non-hydrogen) atoms. The number of hydrogen-bond donors (Lipinski definition) is 3. The average molecular weight is 438 g/mol. The SMILES string of the molecule is Cc1cc(C(F)(F)F)c(-c2occ(-c3cc(O)c(O)c([N+](=O)[O-])c3)c2C(=O)O)c(C)n1. The van der Waals surface area contributed by atoms with Crippen LogP contribution in [0.15, 0.2) is 28.9 Å². The van der Waals surface area contributed by atoms with E-state index >= 15 is 0 Å². The van der Waals surface area contributed by atoms with Crippen molar-refractivity contribution >= 4 is 11.7 Å². The summed E-state index contributed by atoms with van der Waals surface area (Å²) in [6.45, 7) is 2.60. The Morgan fingerprint density at radius 3 is 2.39 bits per heavy atom. The van der Waals surface area contributed by atoms with Gasteiger partial charge in [0.1, 0.15) is 5.56 Å². The summed E-state index contributed by atoms with van der Waals surface area (Å²) in [5.74, 6) is -4.31. The number of benzene rings is 1. The van der Waals surface area contributed by atoms with Gasteiger partial charge in [0.05, 0.1) is 22.3 Å². The van der Waals surface area contributed by atoms with Gasteiger partial charge in [-0.25, -0.2) is 4.79 Å². The van der Waals surface area contributed by atoms with Crippen LogP contribution in [-0.2, 0) is 6.18 Å². The lowest BCUT2D eigenvalue weighted by atomic mass is 9.95. The van der Waals surface area contributed by atoms with E-state index in [1.165, 1.54) is 13.8 Å². The highest BCUT2D eigenvalue weighted by molar-refractivity contribution is 6.02. The van der Waals surface area contributed by atoms with Crippen LogP contribution in [0.4, 0.5) is 18.9 Å². The molecule has 0 atom stereocenters. The molecule has 2 heterocycles. The number of nitro benzene ring substituents is 1. The number of carboxylic acid groups (broad SMARTS) is 1. The van der Waals surface area contributed by atoms with E-state index in [9.17, 15) is 43.4 Å². The first-order valence-electron chi connectivity index (χ1n) is 8.44. The lowest BCUT2D eigenvalue weighted by Crippen LogP contribution is -2.11. The molecule has 0 radical (unpaired) electrons. The molecule has 0 aliphatic heterocycles. The fourth-order valence-electron chi connectivity index (χ4n) is 3.20. The summed E-state index contributed by atoms with van der Waals surface area (Å²) in [6.07, 6.45) is -4.06. The molecule has 12 heteroatoms. The Labute approximate surface area is 171 Å². The zero-order valence-electron chi connectivity index (χ0n) is 15.8. The molecule has 3 aromatic rings.